The molecule has 0 aromatic heterocycles. The molecule has 0 fully saturated rings. The summed E-state index contributed by atoms with van der Waals surface area (Å²) in [6.45, 7) is 1.97. The minimum atomic E-state index is -1.02. The number of nitrogens with one attached hydrogen (secondary N) is 1. The van der Waals surface area contributed by atoms with Gasteiger partial charge in [0.15, 0.2) is 5.54 Å². The van der Waals surface area contributed by atoms with Crippen LogP contribution in [0.15, 0.2) is 47.5 Å². The molecule has 1 spiro atoms. The predicted molar refractivity (Wildman–Crippen MR) is 75.1 cm³/mol. The summed E-state index contributed by atoms with van der Waals surface area (Å²) in [5.74, 6) is 1.24. The van der Waals surface area contributed by atoms with Crippen LogP contribution in [0.4, 0.5) is 0 Å². The number of para-hydroxylation sites is 1. The fourth-order valence-corrected chi connectivity index (χ4v) is 3.02. The number of carbonyl (C=O) groups is 1. The van der Waals surface area contributed by atoms with Crippen molar-refractivity contribution in [2.45, 2.75) is 12.5 Å². The van der Waals surface area contributed by atoms with Crippen molar-refractivity contribution in [3.8, 4) is 11.5 Å². The van der Waals surface area contributed by atoms with Crippen molar-refractivity contribution < 1.29 is 9.53 Å². The Morgan fingerprint density at radius 1 is 1.10 bits per heavy atom. The first-order valence-corrected chi connectivity index (χ1v) is 6.45. The van der Waals surface area contributed by atoms with Crippen LogP contribution in [-0.4, -0.2) is 12.2 Å². The third kappa shape index (κ3) is 1.20. The summed E-state index contributed by atoms with van der Waals surface area (Å²) >= 11 is 0. The molecule has 0 bridgehead atoms. The van der Waals surface area contributed by atoms with Crippen molar-refractivity contribution in [2.75, 3.05) is 0 Å². The Kier molecular flexibility index (Phi) is 2.07. The quantitative estimate of drug-likeness (QED) is 0.794. The van der Waals surface area contributed by atoms with E-state index in [2.05, 4.69) is 10.3 Å². The summed E-state index contributed by atoms with van der Waals surface area (Å²) < 4.78 is 5.94. The molecular formula is C16H12N2O2. The Hall–Kier alpha value is -2.62. The van der Waals surface area contributed by atoms with Crippen molar-refractivity contribution in [1.29, 1.82) is 0 Å². The molecule has 4 rings (SSSR count). The molecule has 0 saturated heterocycles. The van der Waals surface area contributed by atoms with E-state index in [1.54, 1.807) is 0 Å². The van der Waals surface area contributed by atoms with Crippen molar-refractivity contribution in [3.05, 3.63) is 59.2 Å². The van der Waals surface area contributed by atoms with Gasteiger partial charge in [0, 0.05) is 11.1 Å². The zero-order chi connectivity index (χ0) is 13.7. The number of rotatable bonds is 0. The van der Waals surface area contributed by atoms with Crippen molar-refractivity contribution >= 4 is 12.2 Å². The zero-order valence-corrected chi connectivity index (χ0v) is 10.9. The maximum atomic E-state index is 12.5. The molecule has 2 aromatic rings. The third-order valence-electron chi connectivity index (χ3n) is 3.88. The molecule has 2 aliphatic rings. The van der Waals surface area contributed by atoms with Gasteiger partial charge in [-0.2, -0.15) is 0 Å². The minimum Gasteiger partial charge on any atom is -0.457 e. The number of nitrogens with zero attached hydrogens (tertiary/aromatic N) is 1. The SMILES string of the molecule is Cc1cccc2c1C1(N=CNC1=O)c1ccccc1O2. The molecule has 2 heterocycles. The lowest BCUT2D eigenvalue weighted by Crippen LogP contribution is -2.40. The Balaban J connectivity index is 2.13. The number of carbonyl (C=O) groups excluding carboxylic acids is 1. The van der Waals surface area contributed by atoms with Crippen molar-refractivity contribution in [3.63, 3.8) is 0 Å². The Bertz CT molecular complexity index is 767. The summed E-state index contributed by atoms with van der Waals surface area (Å²) in [6, 6.07) is 13.3. The maximum absolute atomic E-state index is 12.5. The second-order valence-electron chi connectivity index (χ2n) is 4.99. The van der Waals surface area contributed by atoms with Crippen LogP contribution in [0.3, 0.4) is 0 Å². The highest BCUT2D eigenvalue weighted by molar-refractivity contribution is 6.05. The van der Waals surface area contributed by atoms with Crippen molar-refractivity contribution in [1.82, 2.24) is 5.32 Å². The first-order chi connectivity index (χ1) is 9.73. The first-order valence-electron chi connectivity index (χ1n) is 6.45. The van der Waals surface area contributed by atoms with Crippen LogP contribution in [0.5, 0.6) is 11.5 Å². The normalized spacial score (nSPS) is 22.1. The molecule has 98 valence electrons. The maximum Gasteiger partial charge on any atom is 0.262 e. The Morgan fingerprint density at radius 2 is 1.90 bits per heavy atom. The van der Waals surface area contributed by atoms with Gasteiger partial charge in [-0.25, -0.2) is 4.99 Å². The van der Waals surface area contributed by atoms with Crippen LogP contribution in [0.1, 0.15) is 16.7 Å². The third-order valence-corrected chi connectivity index (χ3v) is 3.88. The van der Waals surface area contributed by atoms with E-state index in [9.17, 15) is 4.79 Å². The molecule has 1 atom stereocenters. The number of benzene rings is 2. The van der Waals surface area contributed by atoms with Crippen LogP contribution < -0.4 is 10.1 Å². The van der Waals surface area contributed by atoms with Gasteiger partial charge >= 0.3 is 0 Å². The smallest absolute Gasteiger partial charge is 0.262 e. The number of aliphatic imine (C=N–C) groups is 1. The standard InChI is InChI=1S/C16H12N2O2/c1-10-5-4-8-13-14(10)16(15(19)17-9-18-16)11-6-2-3-7-12(11)20-13/h2-9H,1H3,(H,17,18,19). The number of ether oxygens (including phenoxy) is 1. The second kappa shape index (κ2) is 3.70. The van der Waals surface area contributed by atoms with Gasteiger partial charge in [-0.15, -0.1) is 0 Å². The fourth-order valence-electron chi connectivity index (χ4n) is 3.02. The van der Waals surface area contributed by atoms with Gasteiger partial charge in [-0.1, -0.05) is 30.3 Å². The van der Waals surface area contributed by atoms with Gasteiger partial charge in [0.25, 0.3) is 5.91 Å². The molecule has 2 aliphatic heterocycles. The van der Waals surface area contributed by atoms with E-state index in [-0.39, 0.29) is 5.91 Å². The van der Waals surface area contributed by atoms with Crippen LogP contribution in [0.25, 0.3) is 0 Å². The molecule has 20 heavy (non-hydrogen) atoms. The summed E-state index contributed by atoms with van der Waals surface area (Å²) in [7, 11) is 0. The zero-order valence-electron chi connectivity index (χ0n) is 10.9. The highest BCUT2D eigenvalue weighted by Crippen LogP contribution is 2.50. The number of fused-ring (bicyclic) bond motifs is 4. The molecule has 1 unspecified atom stereocenters. The lowest BCUT2D eigenvalue weighted by Gasteiger charge is -2.33. The molecule has 4 heteroatoms. The highest BCUT2D eigenvalue weighted by atomic mass is 16.5. The molecular weight excluding hydrogens is 252 g/mol. The van der Waals surface area contributed by atoms with E-state index in [1.807, 2.05) is 49.4 Å². The fraction of sp³-hybridized carbons (Fsp3) is 0.125. The number of hydrogen-bond acceptors (Lipinski definition) is 3. The van der Waals surface area contributed by atoms with E-state index < -0.39 is 5.54 Å². The van der Waals surface area contributed by atoms with Gasteiger partial charge in [-0.3, -0.25) is 4.79 Å². The molecule has 1 N–H and O–H groups in total. The number of hydrogen-bond donors (Lipinski definition) is 1. The van der Waals surface area contributed by atoms with Gasteiger partial charge < -0.3 is 10.1 Å². The van der Waals surface area contributed by atoms with Gasteiger partial charge in [0.1, 0.15) is 11.5 Å². The van der Waals surface area contributed by atoms with Crippen LogP contribution >= 0.6 is 0 Å². The van der Waals surface area contributed by atoms with Crippen LogP contribution in [0.2, 0.25) is 0 Å². The van der Waals surface area contributed by atoms with Gasteiger partial charge in [-0.05, 0) is 24.6 Å². The average Bonchev–Trinajstić information content (AvgIpc) is 2.82. The highest BCUT2D eigenvalue weighted by Gasteiger charge is 2.51. The Morgan fingerprint density at radius 3 is 2.70 bits per heavy atom. The van der Waals surface area contributed by atoms with Gasteiger partial charge in [0.05, 0.1) is 6.34 Å². The van der Waals surface area contributed by atoms with E-state index in [4.69, 9.17) is 4.74 Å². The largest absolute Gasteiger partial charge is 0.457 e. The van der Waals surface area contributed by atoms with Gasteiger partial charge in [0.2, 0.25) is 0 Å². The minimum absolute atomic E-state index is 0.135. The molecule has 2 aromatic carbocycles. The molecule has 0 radical (unpaired) electrons. The van der Waals surface area contributed by atoms with E-state index >= 15 is 0 Å². The second-order valence-corrected chi connectivity index (χ2v) is 4.99. The topological polar surface area (TPSA) is 50.7 Å². The summed E-state index contributed by atoms with van der Waals surface area (Å²) in [5, 5.41) is 2.70. The van der Waals surface area contributed by atoms with Crippen LogP contribution in [0, 0.1) is 6.92 Å². The first kappa shape index (κ1) is 11.2. The average molecular weight is 264 g/mol. The molecule has 0 aliphatic carbocycles. The summed E-state index contributed by atoms with van der Waals surface area (Å²) in [5.41, 5.74) is 1.58. The summed E-state index contributed by atoms with van der Waals surface area (Å²) in [4.78, 5) is 17.0. The van der Waals surface area contributed by atoms with Crippen molar-refractivity contribution in [2.24, 2.45) is 4.99 Å². The number of aryl methyl sites for hydroxylation is 1. The molecule has 1 amide bonds. The Labute approximate surface area is 116 Å². The van der Waals surface area contributed by atoms with E-state index in [1.165, 1.54) is 6.34 Å². The van der Waals surface area contributed by atoms with E-state index in [0.29, 0.717) is 11.5 Å². The van der Waals surface area contributed by atoms with Crippen LogP contribution in [-0.2, 0) is 10.3 Å². The monoisotopic (exact) mass is 264 g/mol. The molecule has 4 nitrogen and oxygen atoms in total. The van der Waals surface area contributed by atoms with E-state index in [0.717, 1.165) is 16.7 Å². The number of amides is 1. The predicted octanol–water partition coefficient (Wildman–Crippen LogP) is 2.50. The summed E-state index contributed by atoms with van der Waals surface area (Å²) in [6.07, 6.45) is 1.47. The lowest BCUT2D eigenvalue weighted by molar-refractivity contribution is -0.122. The lowest BCUT2D eigenvalue weighted by atomic mass is 9.78. The molecule has 0 saturated carbocycles.